The van der Waals surface area contributed by atoms with Gasteiger partial charge >= 0.3 is 0 Å². The molecule has 0 bridgehead atoms. The molecule has 0 aliphatic rings. The predicted octanol–water partition coefficient (Wildman–Crippen LogP) is 4.88. The van der Waals surface area contributed by atoms with E-state index in [0.717, 1.165) is 5.56 Å². The molecule has 6 heteroatoms. The number of benzene rings is 2. The smallest absolute Gasteiger partial charge is 0.292 e. The number of aliphatic imine (C=N–C) groups is 1. The quantitative estimate of drug-likeness (QED) is 0.620. The Balaban J connectivity index is 2.16. The average molecular weight is 365 g/mol. The second-order valence-corrected chi connectivity index (χ2v) is 5.85. The molecule has 0 heterocycles. The number of carbonyl (C=O) groups excluding carboxylic acids is 1. The normalized spacial score (nSPS) is 12.6. The van der Waals surface area contributed by atoms with Crippen molar-refractivity contribution in [3.05, 3.63) is 69.7 Å². The van der Waals surface area contributed by atoms with Crippen LogP contribution in [-0.2, 0) is 4.74 Å². The molecule has 0 fully saturated rings. The first kappa shape index (κ1) is 18.3. The van der Waals surface area contributed by atoms with Crippen molar-refractivity contribution in [2.45, 2.75) is 19.9 Å². The Morgan fingerprint density at radius 2 is 1.88 bits per heavy atom. The van der Waals surface area contributed by atoms with Crippen molar-refractivity contribution in [2.75, 3.05) is 6.61 Å². The summed E-state index contributed by atoms with van der Waals surface area (Å²) in [6, 6.07) is 14.4. The lowest BCUT2D eigenvalue weighted by Gasteiger charge is -2.13. The van der Waals surface area contributed by atoms with Gasteiger partial charge in [0.15, 0.2) is 0 Å². The fraction of sp³-hybridized carbons (Fsp3) is 0.222. The van der Waals surface area contributed by atoms with E-state index in [2.05, 4.69) is 10.3 Å². The molecule has 126 valence electrons. The van der Waals surface area contributed by atoms with Gasteiger partial charge in [-0.25, -0.2) is 4.99 Å². The third-order valence-electron chi connectivity index (χ3n) is 3.28. The number of amides is 1. The molecule has 0 aliphatic carbocycles. The number of amidine groups is 1. The molecule has 24 heavy (non-hydrogen) atoms. The molecule has 0 aromatic heterocycles. The molecule has 0 unspecified atom stereocenters. The minimum absolute atomic E-state index is 0.151. The highest BCUT2D eigenvalue weighted by atomic mass is 35.5. The SMILES string of the molecule is CCOC(=N[C@@H](C)c1ccccc1)NC(=O)c1ccc(Cl)c(Cl)c1. The maximum atomic E-state index is 12.3. The third-order valence-corrected chi connectivity index (χ3v) is 4.02. The number of halogens is 2. The van der Waals surface area contributed by atoms with Crippen LogP contribution in [0.25, 0.3) is 0 Å². The van der Waals surface area contributed by atoms with Crippen molar-refractivity contribution in [1.29, 1.82) is 0 Å². The van der Waals surface area contributed by atoms with Crippen molar-refractivity contribution in [2.24, 2.45) is 4.99 Å². The highest BCUT2D eigenvalue weighted by Gasteiger charge is 2.13. The molecule has 1 amide bonds. The molecule has 1 N–H and O–H groups in total. The second kappa shape index (κ2) is 8.71. The van der Waals surface area contributed by atoms with Crippen LogP contribution in [0.5, 0.6) is 0 Å². The van der Waals surface area contributed by atoms with E-state index in [1.165, 1.54) is 6.07 Å². The zero-order valence-corrected chi connectivity index (χ0v) is 14.9. The van der Waals surface area contributed by atoms with Crippen LogP contribution in [0.4, 0.5) is 0 Å². The van der Waals surface area contributed by atoms with Gasteiger partial charge in [0.25, 0.3) is 11.9 Å². The Morgan fingerprint density at radius 3 is 2.50 bits per heavy atom. The number of hydrogen-bond acceptors (Lipinski definition) is 3. The van der Waals surface area contributed by atoms with Gasteiger partial charge in [-0.2, -0.15) is 0 Å². The number of ether oxygens (including phenoxy) is 1. The topological polar surface area (TPSA) is 50.7 Å². The summed E-state index contributed by atoms with van der Waals surface area (Å²) in [5, 5.41) is 3.38. The van der Waals surface area contributed by atoms with Crippen LogP contribution in [0.3, 0.4) is 0 Å². The maximum Gasteiger partial charge on any atom is 0.292 e. The second-order valence-electron chi connectivity index (χ2n) is 5.04. The van der Waals surface area contributed by atoms with E-state index in [4.69, 9.17) is 27.9 Å². The van der Waals surface area contributed by atoms with Crippen LogP contribution in [-0.4, -0.2) is 18.5 Å². The van der Waals surface area contributed by atoms with E-state index in [1.807, 2.05) is 44.2 Å². The zero-order valence-electron chi connectivity index (χ0n) is 13.4. The van der Waals surface area contributed by atoms with E-state index >= 15 is 0 Å². The van der Waals surface area contributed by atoms with Crippen molar-refractivity contribution < 1.29 is 9.53 Å². The average Bonchev–Trinajstić information content (AvgIpc) is 2.58. The number of nitrogens with one attached hydrogen (secondary N) is 1. The summed E-state index contributed by atoms with van der Waals surface area (Å²) < 4.78 is 5.44. The minimum Gasteiger partial charge on any atom is -0.465 e. The van der Waals surface area contributed by atoms with Gasteiger partial charge in [0.05, 0.1) is 22.7 Å². The number of carbonyl (C=O) groups is 1. The molecule has 2 aromatic carbocycles. The number of hydrogen-bond donors (Lipinski definition) is 1. The molecule has 0 saturated heterocycles. The standard InChI is InChI=1S/C18H18Cl2N2O2/c1-3-24-18(21-12(2)13-7-5-4-6-8-13)22-17(23)14-9-10-15(19)16(20)11-14/h4-12H,3H2,1-2H3,(H,21,22,23)/t12-/m0/s1. The molecular weight excluding hydrogens is 347 g/mol. The fourth-order valence-corrected chi connectivity index (χ4v) is 2.33. The molecule has 0 aliphatic heterocycles. The van der Waals surface area contributed by atoms with Crippen LogP contribution >= 0.6 is 23.2 Å². The van der Waals surface area contributed by atoms with Gasteiger partial charge in [-0.05, 0) is 37.6 Å². The van der Waals surface area contributed by atoms with Gasteiger partial charge in [0.2, 0.25) is 0 Å². The Kier molecular flexibility index (Phi) is 6.64. The molecular formula is C18H18Cl2N2O2. The first-order valence-corrected chi connectivity index (χ1v) is 8.28. The monoisotopic (exact) mass is 364 g/mol. The van der Waals surface area contributed by atoms with Gasteiger partial charge < -0.3 is 4.74 Å². The van der Waals surface area contributed by atoms with Gasteiger partial charge in [-0.15, -0.1) is 0 Å². The van der Waals surface area contributed by atoms with Gasteiger partial charge in [0, 0.05) is 5.56 Å². The first-order valence-electron chi connectivity index (χ1n) is 7.53. The van der Waals surface area contributed by atoms with Crippen molar-refractivity contribution in [3.8, 4) is 0 Å². The number of rotatable bonds is 4. The summed E-state index contributed by atoms with van der Waals surface area (Å²) in [5.41, 5.74) is 1.41. The lowest BCUT2D eigenvalue weighted by molar-refractivity contribution is 0.0966. The lowest BCUT2D eigenvalue weighted by Crippen LogP contribution is -2.33. The minimum atomic E-state index is -0.360. The third kappa shape index (κ3) is 4.98. The fourth-order valence-electron chi connectivity index (χ4n) is 2.03. The summed E-state index contributed by atoms with van der Waals surface area (Å²) in [4.78, 5) is 16.8. The maximum absolute atomic E-state index is 12.3. The molecule has 0 radical (unpaired) electrons. The van der Waals surface area contributed by atoms with Gasteiger partial charge in [-0.3, -0.25) is 10.1 Å². The van der Waals surface area contributed by atoms with Gasteiger partial charge in [-0.1, -0.05) is 53.5 Å². The first-order chi connectivity index (χ1) is 11.5. The van der Waals surface area contributed by atoms with Crippen molar-refractivity contribution >= 4 is 35.1 Å². The summed E-state index contributed by atoms with van der Waals surface area (Å²) in [6.07, 6.45) is 0. The molecule has 0 saturated carbocycles. The largest absolute Gasteiger partial charge is 0.465 e. The Hall–Kier alpha value is -2.04. The van der Waals surface area contributed by atoms with E-state index in [1.54, 1.807) is 12.1 Å². The summed E-state index contributed by atoms with van der Waals surface area (Å²) >= 11 is 11.8. The van der Waals surface area contributed by atoms with Crippen LogP contribution in [0.2, 0.25) is 10.0 Å². The van der Waals surface area contributed by atoms with E-state index in [0.29, 0.717) is 22.2 Å². The van der Waals surface area contributed by atoms with Crippen molar-refractivity contribution in [3.63, 3.8) is 0 Å². The van der Waals surface area contributed by atoms with Crippen LogP contribution in [0, 0.1) is 0 Å². The highest BCUT2D eigenvalue weighted by Crippen LogP contribution is 2.22. The molecule has 2 rings (SSSR count). The van der Waals surface area contributed by atoms with Gasteiger partial charge in [0.1, 0.15) is 0 Å². The predicted molar refractivity (Wildman–Crippen MR) is 97.8 cm³/mol. The summed E-state index contributed by atoms with van der Waals surface area (Å²) in [5.74, 6) is -0.360. The molecule has 4 nitrogen and oxygen atoms in total. The Labute approximate surface area is 151 Å². The molecule has 1 atom stereocenters. The highest BCUT2D eigenvalue weighted by molar-refractivity contribution is 6.42. The van der Waals surface area contributed by atoms with Crippen LogP contribution < -0.4 is 5.32 Å². The van der Waals surface area contributed by atoms with Crippen LogP contribution in [0.1, 0.15) is 35.8 Å². The van der Waals surface area contributed by atoms with E-state index < -0.39 is 0 Å². The Bertz CT molecular complexity index is 733. The van der Waals surface area contributed by atoms with Crippen molar-refractivity contribution in [1.82, 2.24) is 5.32 Å². The number of nitrogens with zero attached hydrogens (tertiary/aromatic N) is 1. The summed E-state index contributed by atoms with van der Waals surface area (Å²) in [7, 11) is 0. The molecule has 0 spiro atoms. The molecule has 2 aromatic rings. The van der Waals surface area contributed by atoms with Crippen LogP contribution in [0.15, 0.2) is 53.5 Å². The van der Waals surface area contributed by atoms with E-state index in [9.17, 15) is 4.79 Å². The Morgan fingerprint density at radius 1 is 1.17 bits per heavy atom. The zero-order chi connectivity index (χ0) is 17.5. The summed E-state index contributed by atoms with van der Waals surface area (Å²) in [6.45, 7) is 4.15. The lowest BCUT2D eigenvalue weighted by atomic mass is 10.1. The van der Waals surface area contributed by atoms with E-state index in [-0.39, 0.29) is 18.0 Å².